The Morgan fingerprint density at radius 1 is 1.50 bits per heavy atom. The number of halogens is 1. The first-order valence-corrected chi connectivity index (χ1v) is 2.61. The molecule has 48 valence electrons. The van der Waals surface area contributed by atoms with E-state index < -0.39 is 11.6 Å². The van der Waals surface area contributed by atoms with Gasteiger partial charge in [-0.05, 0) is 6.42 Å². The highest BCUT2D eigenvalue weighted by atomic mass is 19.1. The van der Waals surface area contributed by atoms with Crippen LogP contribution in [0, 0.1) is 5.41 Å². The summed E-state index contributed by atoms with van der Waals surface area (Å²) in [6.07, 6.45) is -0.655. The summed E-state index contributed by atoms with van der Waals surface area (Å²) in [6, 6.07) is 0. The normalized spacial score (nSPS) is 32.6. The topological polar surface area (TPSA) is 40.5 Å². The van der Waals surface area contributed by atoms with E-state index in [-0.39, 0.29) is 13.2 Å². The molecule has 0 bridgehead atoms. The summed E-state index contributed by atoms with van der Waals surface area (Å²) < 4.78 is 12.1. The van der Waals surface area contributed by atoms with Gasteiger partial charge in [-0.2, -0.15) is 0 Å². The van der Waals surface area contributed by atoms with E-state index in [0.29, 0.717) is 6.42 Å². The van der Waals surface area contributed by atoms with Crippen molar-refractivity contribution >= 4 is 0 Å². The van der Waals surface area contributed by atoms with Crippen LogP contribution in [-0.4, -0.2) is 29.6 Å². The first kappa shape index (κ1) is 5.98. The molecule has 0 spiro atoms. The lowest BCUT2D eigenvalue weighted by Crippen LogP contribution is -2.14. The molecule has 0 heterocycles. The molecule has 0 aliphatic heterocycles. The van der Waals surface area contributed by atoms with E-state index in [1.165, 1.54) is 0 Å². The molecule has 1 aliphatic carbocycles. The number of aliphatic hydroxyl groups is 2. The first-order chi connectivity index (χ1) is 3.75. The van der Waals surface area contributed by atoms with Gasteiger partial charge in [0, 0.05) is 0 Å². The molecular formula is C5H9FO2. The maximum Gasteiger partial charge on any atom is 0.111 e. The van der Waals surface area contributed by atoms with Crippen LogP contribution in [0.15, 0.2) is 0 Å². The highest BCUT2D eigenvalue weighted by Crippen LogP contribution is 2.47. The van der Waals surface area contributed by atoms with Crippen LogP contribution in [-0.2, 0) is 0 Å². The Morgan fingerprint density at radius 3 is 1.88 bits per heavy atom. The maximum atomic E-state index is 12.1. The second-order valence-corrected chi connectivity index (χ2v) is 2.35. The second-order valence-electron chi connectivity index (χ2n) is 2.35. The molecule has 0 aromatic rings. The van der Waals surface area contributed by atoms with Crippen molar-refractivity contribution < 1.29 is 14.6 Å². The number of rotatable bonds is 2. The Balaban J connectivity index is 2.39. The summed E-state index contributed by atoms with van der Waals surface area (Å²) in [6.45, 7) is -0.463. The van der Waals surface area contributed by atoms with Crippen molar-refractivity contribution in [1.29, 1.82) is 0 Å². The molecule has 0 unspecified atom stereocenters. The average molecular weight is 120 g/mol. The van der Waals surface area contributed by atoms with Crippen molar-refractivity contribution in [2.75, 3.05) is 13.2 Å². The van der Waals surface area contributed by atoms with Crippen LogP contribution >= 0.6 is 0 Å². The summed E-state index contributed by atoms with van der Waals surface area (Å²) in [5.74, 6) is 0. The third kappa shape index (κ3) is 0.624. The fraction of sp³-hybridized carbons (Fsp3) is 1.00. The van der Waals surface area contributed by atoms with E-state index >= 15 is 0 Å². The number of hydrogen-bond donors (Lipinski definition) is 2. The molecule has 0 saturated heterocycles. The van der Waals surface area contributed by atoms with Gasteiger partial charge in [-0.15, -0.1) is 0 Å². The minimum atomic E-state index is -0.975. The zero-order valence-electron chi connectivity index (χ0n) is 4.47. The monoisotopic (exact) mass is 120 g/mol. The maximum absolute atomic E-state index is 12.1. The lowest BCUT2D eigenvalue weighted by molar-refractivity contribution is 0.113. The highest BCUT2D eigenvalue weighted by Gasteiger charge is 2.54. The summed E-state index contributed by atoms with van der Waals surface area (Å²) in [5.41, 5.74) is -0.764. The molecule has 1 saturated carbocycles. The van der Waals surface area contributed by atoms with Crippen LogP contribution < -0.4 is 0 Å². The molecular weight excluding hydrogens is 111 g/mol. The van der Waals surface area contributed by atoms with Crippen LogP contribution in [0.2, 0.25) is 0 Å². The molecule has 0 aromatic heterocycles. The Hall–Kier alpha value is -0.150. The Morgan fingerprint density at radius 2 is 1.88 bits per heavy atom. The van der Waals surface area contributed by atoms with E-state index in [9.17, 15) is 4.39 Å². The van der Waals surface area contributed by atoms with Gasteiger partial charge in [0.2, 0.25) is 0 Å². The molecule has 1 atom stereocenters. The van der Waals surface area contributed by atoms with Crippen LogP contribution in [0.5, 0.6) is 0 Å². The molecule has 1 fully saturated rings. The zero-order valence-corrected chi connectivity index (χ0v) is 4.47. The molecule has 1 rings (SSSR count). The van der Waals surface area contributed by atoms with E-state index in [4.69, 9.17) is 10.2 Å². The number of alkyl halides is 1. The lowest BCUT2D eigenvalue weighted by atomic mass is 10.1. The third-order valence-corrected chi connectivity index (χ3v) is 1.72. The Labute approximate surface area is 46.9 Å². The largest absolute Gasteiger partial charge is 0.396 e. The Kier molecular flexibility index (Phi) is 1.25. The third-order valence-electron chi connectivity index (χ3n) is 1.72. The van der Waals surface area contributed by atoms with Gasteiger partial charge in [-0.25, -0.2) is 4.39 Å². The molecule has 2 nitrogen and oxygen atoms in total. The van der Waals surface area contributed by atoms with E-state index in [2.05, 4.69) is 0 Å². The van der Waals surface area contributed by atoms with Gasteiger partial charge in [0.05, 0.1) is 18.6 Å². The van der Waals surface area contributed by atoms with Crippen molar-refractivity contribution in [1.82, 2.24) is 0 Å². The van der Waals surface area contributed by atoms with Gasteiger partial charge in [0.1, 0.15) is 6.17 Å². The number of aliphatic hydroxyl groups excluding tert-OH is 2. The summed E-state index contributed by atoms with van der Waals surface area (Å²) in [5, 5.41) is 16.9. The molecule has 8 heavy (non-hydrogen) atoms. The summed E-state index contributed by atoms with van der Waals surface area (Å²) in [4.78, 5) is 0. The predicted molar refractivity (Wildman–Crippen MR) is 26.1 cm³/mol. The van der Waals surface area contributed by atoms with Crippen LogP contribution in [0.4, 0.5) is 4.39 Å². The lowest BCUT2D eigenvalue weighted by Gasteiger charge is -2.03. The van der Waals surface area contributed by atoms with Crippen molar-refractivity contribution in [3.05, 3.63) is 0 Å². The zero-order chi connectivity index (χ0) is 6.20. The van der Waals surface area contributed by atoms with Crippen LogP contribution in [0.1, 0.15) is 6.42 Å². The SMILES string of the molecule is OCC1(CO)C[C@@H]1F. The molecule has 0 radical (unpaired) electrons. The Bertz CT molecular complexity index is 84.9. The second kappa shape index (κ2) is 1.67. The summed E-state index contributed by atoms with van der Waals surface area (Å²) in [7, 11) is 0. The molecule has 2 N–H and O–H groups in total. The predicted octanol–water partition coefficient (Wildman–Crippen LogP) is -0.301. The van der Waals surface area contributed by atoms with Gasteiger partial charge in [0.15, 0.2) is 0 Å². The van der Waals surface area contributed by atoms with Gasteiger partial charge in [-0.3, -0.25) is 0 Å². The summed E-state index contributed by atoms with van der Waals surface area (Å²) >= 11 is 0. The highest BCUT2D eigenvalue weighted by molar-refractivity contribution is 5.02. The van der Waals surface area contributed by atoms with E-state index in [1.54, 1.807) is 0 Å². The van der Waals surface area contributed by atoms with Crippen molar-refractivity contribution in [3.63, 3.8) is 0 Å². The number of hydrogen-bond acceptors (Lipinski definition) is 2. The van der Waals surface area contributed by atoms with Gasteiger partial charge >= 0.3 is 0 Å². The first-order valence-electron chi connectivity index (χ1n) is 2.61. The van der Waals surface area contributed by atoms with Crippen molar-refractivity contribution in [2.24, 2.45) is 5.41 Å². The van der Waals surface area contributed by atoms with E-state index in [0.717, 1.165) is 0 Å². The van der Waals surface area contributed by atoms with E-state index in [1.807, 2.05) is 0 Å². The van der Waals surface area contributed by atoms with Crippen molar-refractivity contribution in [3.8, 4) is 0 Å². The van der Waals surface area contributed by atoms with Crippen LogP contribution in [0.3, 0.4) is 0 Å². The fourth-order valence-electron chi connectivity index (χ4n) is 0.675. The van der Waals surface area contributed by atoms with Gasteiger partial charge < -0.3 is 10.2 Å². The minimum absolute atomic E-state index is 0.231. The molecule has 0 amide bonds. The van der Waals surface area contributed by atoms with Crippen LogP contribution in [0.25, 0.3) is 0 Å². The molecule has 0 aromatic carbocycles. The average Bonchev–Trinajstić information content (AvgIpc) is 2.43. The fourth-order valence-corrected chi connectivity index (χ4v) is 0.675. The quantitative estimate of drug-likeness (QED) is 0.525. The van der Waals surface area contributed by atoms with Crippen molar-refractivity contribution in [2.45, 2.75) is 12.6 Å². The standard InChI is InChI=1S/C5H9FO2/c6-4-1-5(4,2-7)3-8/h4,7-8H,1-3H2/t4-/m0/s1. The van der Waals surface area contributed by atoms with Gasteiger partial charge in [0.25, 0.3) is 0 Å². The molecule has 3 heteroatoms. The smallest absolute Gasteiger partial charge is 0.111 e. The minimum Gasteiger partial charge on any atom is -0.396 e. The van der Waals surface area contributed by atoms with Gasteiger partial charge in [-0.1, -0.05) is 0 Å². The molecule has 1 aliphatic rings.